The molecule has 5 heteroatoms. The molecule has 0 amide bonds. The fraction of sp³-hybridized carbons (Fsp3) is 0.333. The molecule has 0 saturated heterocycles. The van der Waals surface area contributed by atoms with Crippen LogP contribution >= 0.6 is 38.9 Å². The molecule has 0 aliphatic rings. The highest BCUT2D eigenvalue weighted by Gasteiger charge is 2.13. The molecule has 1 aromatic carbocycles. The summed E-state index contributed by atoms with van der Waals surface area (Å²) >= 11 is 11.2. The predicted octanol–water partition coefficient (Wildman–Crippen LogP) is 4.72. The molecular formula is C15H17BrClNOS. The molecule has 0 aliphatic heterocycles. The molecule has 1 unspecified atom stereocenters. The molecule has 0 spiro atoms. The average molecular weight is 375 g/mol. The number of aliphatic hydroxyl groups excluding tert-OH is 1. The van der Waals surface area contributed by atoms with Crippen molar-refractivity contribution in [2.75, 3.05) is 13.6 Å². The topological polar surface area (TPSA) is 23.5 Å². The highest BCUT2D eigenvalue weighted by atomic mass is 79.9. The van der Waals surface area contributed by atoms with Crippen LogP contribution in [0.4, 0.5) is 0 Å². The lowest BCUT2D eigenvalue weighted by molar-refractivity contribution is 0.148. The van der Waals surface area contributed by atoms with E-state index in [2.05, 4.69) is 44.7 Å². The summed E-state index contributed by atoms with van der Waals surface area (Å²) in [5.41, 5.74) is 2.10. The number of rotatable bonds is 6. The first-order valence-electron chi connectivity index (χ1n) is 6.39. The highest BCUT2D eigenvalue weighted by Crippen LogP contribution is 2.28. The molecule has 1 atom stereocenters. The molecule has 2 rings (SSSR count). The first kappa shape index (κ1) is 16.0. The first-order chi connectivity index (χ1) is 9.56. The molecule has 0 radical (unpaired) electrons. The summed E-state index contributed by atoms with van der Waals surface area (Å²) in [5, 5.41) is 15.1. The Morgan fingerprint density at radius 3 is 2.85 bits per heavy atom. The van der Waals surface area contributed by atoms with Gasteiger partial charge in [-0.25, -0.2) is 0 Å². The summed E-state index contributed by atoms with van der Waals surface area (Å²) in [7, 11) is 2.06. The second kappa shape index (κ2) is 7.57. The van der Waals surface area contributed by atoms with Gasteiger partial charge in [-0.2, -0.15) is 11.3 Å². The van der Waals surface area contributed by atoms with Crippen molar-refractivity contribution in [1.29, 1.82) is 0 Å². The minimum Gasteiger partial charge on any atom is -0.388 e. The Hall–Kier alpha value is -0.390. The molecule has 0 saturated carbocycles. The van der Waals surface area contributed by atoms with Crippen molar-refractivity contribution in [3.05, 3.63) is 55.6 Å². The predicted molar refractivity (Wildman–Crippen MR) is 89.4 cm³/mol. The maximum absolute atomic E-state index is 10.2. The Kier molecular flexibility index (Phi) is 6.05. The third-order valence-corrected chi connectivity index (χ3v) is 4.69. The monoisotopic (exact) mass is 373 g/mol. The van der Waals surface area contributed by atoms with Crippen molar-refractivity contribution in [3.8, 4) is 0 Å². The van der Waals surface area contributed by atoms with E-state index in [4.69, 9.17) is 11.6 Å². The molecule has 0 fully saturated rings. The molecule has 20 heavy (non-hydrogen) atoms. The molecule has 2 nitrogen and oxygen atoms in total. The number of hydrogen-bond acceptors (Lipinski definition) is 3. The number of aliphatic hydroxyl groups is 1. The van der Waals surface area contributed by atoms with E-state index in [1.807, 2.05) is 18.2 Å². The number of halogens is 2. The maximum Gasteiger partial charge on any atom is 0.0816 e. The highest BCUT2D eigenvalue weighted by molar-refractivity contribution is 9.10. The zero-order chi connectivity index (χ0) is 14.5. The zero-order valence-electron chi connectivity index (χ0n) is 11.2. The van der Waals surface area contributed by atoms with E-state index in [9.17, 15) is 5.11 Å². The normalized spacial score (nSPS) is 12.8. The molecule has 1 N–H and O–H groups in total. The van der Waals surface area contributed by atoms with Crippen molar-refractivity contribution in [2.45, 2.75) is 19.1 Å². The minimum absolute atomic E-state index is 0.527. The smallest absolute Gasteiger partial charge is 0.0816 e. The lowest BCUT2D eigenvalue weighted by Crippen LogP contribution is -2.20. The Balaban J connectivity index is 1.86. The summed E-state index contributed by atoms with van der Waals surface area (Å²) in [5.74, 6) is 0. The van der Waals surface area contributed by atoms with Gasteiger partial charge in [-0.05, 0) is 53.6 Å². The van der Waals surface area contributed by atoms with Gasteiger partial charge in [-0.3, -0.25) is 0 Å². The first-order valence-corrected chi connectivity index (χ1v) is 8.50. The number of nitrogens with zero attached hydrogens (tertiary/aromatic N) is 1. The lowest BCUT2D eigenvalue weighted by atomic mass is 10.1. The van der Waals surface area contributed by atoms with Crippen molar-refractivity contribution < 1.29 is 5.11 Å². The van der Waals surface area contributed by atoms with E-state index in [0.29, 0.717) is 11.4 Å². The summed E-state index contributed by atoms with van der Waals surface area (Å²) < 4.78 is 0.924. The molecule has 0 aliphatic carbocycles. The largest absolute Gasteiger partial charge is 0.388 e. The van der Waals surface area contributed by atoms with Crippen LogP contribution in [0.15, 0.2) is 39.5 Å². The molecule has 0 bridgehead atoms. The van der Waals surface area contributed by atoms with Crippen LogP contribution < -0.4 is 0 Å². The van der Waals surface area contributed by atoms with Crippen molar-refractivity contribution >= 4 is 38.9 Å². The minimum atomic E-state index is -0.527. The van der Waals surface area contributed by atoms with Crippen LogP contribution in [0.3, 0.4) is 0 Å². The number of thiophene rings is 1. The Labute approximate surface area is 137 Å². The molecule has 1 heterocycles. The summed E-state index contributed by atoms with van der Waals surface area (Å²) in [4.78, 5) is 2.21. The maximum atomic E-state index is 10.2. The van der Waals surface area contributed by atoms with Gasteiger partial charge in [0, 0.05) is 22.6 Å². The molecule has 108 valence electrons. The van der Waals surface area contributed by atoms with E-state index in [1.54, 1.807) is 11.3 Å². The van der Waals surface area contributed by atoms with Gasteiger partial charge in [-0.15, -0.1) is 0 Å². The standard InChI is InChI=1S/C15H17BrClNOS/c1-18(9-11-5-7-20-10-11)6-4-15(19)13-3-2-12(16)8-14(13)17/h2-3,5,7-8,10,15,19H,4,6,9H2,1H3. The van der Waals surface area contributed by atoms with Gasteiger partial charge >= 0.3 is 0 Å². The molecule has 1 aromatic heterocycles. The van der Waals surface area contributed by atoms with E-state index < -0.39 is 6.10 Å². The van der Waals surface area contributed by atoms with E-state index >= 15 is 0 Å². The Morgan fingerprint density at radius 2 is 2.20 bits per heavy atom. The molecule has 2 aromatic rings. The summed E-state index contributed by atoms with van der Waals surface area (Å²) in [6, 6.07) is 7.72. The van der Waals surface area contributed by atoms with Crippen LogP contribution in [0.1, 0.15) is 23.7 Å². The second-order valence-corrected chi connectivity index (χ2v) is 6.94. The summed E-state index contributed by atoms with van der Waals surface area (Å²) in [6.45, 7) is 1.73. The quantitative estimate of drug-likeness (QED) is 0.791. The van der Waals surface area contributed by atoms with Gasteiger partial charge < -0.3 is 10.0 Å². The van der Waals surface area contributed by atoms with Crippen LogP contribution in [0.25, 0.3) is 0 Å². The van der Waals surface area contributed by atoms with E-state index in [0.717, 1.165) is 23.1 Å². The van der Waals surface area contributed by atoms with Gasteiger partial charge in [0.15, 0.2) is 0 Å². The van der Waals surface area contributed by atoms with E-state index in [1.165, 1.54) is 5.56 Å². The van der Waals surface area contributed by atoms with Crippen LogP contribution in [0.2, 0.25) is 5.02 Å². The van der Waals surface area contributed by atoms with Crippen molar-refractivity contribution in [3.63, 3.8) is 0 Å². The van der Waals surface area contributed by atoms with Crippen LogP contribution in [-0.4, -0.2) is 23.6 Å². The number of hydrogen-bond donors (Lipinski definition) is 1. The van der Waals surface area contributed by atoms with Gasteiger partial charge in [0.05, 0.1) is 6.10 Å². The van der Waals surface area contributed by atoms with Crippen molar-refractivity contribution in [2.24, 2.45) is 0 Å². The Morgan fingerprint density at radius 1 is 1.40 bits per heavy atom. The third kappa shape index (κ3) is 4.57. The summed E-state index contributed by atoms with van der Waals surface area (Å²) in [6.07, 6.45) is 0.141. The fourth-order valence-electron chi connectivity index (χ4n) is 2.04. The van der Waals surface area contributed by atoms with Gasteiger partial charge in [-0.1, -0.05) is 33.6 Å². The second-order valence-electron chi connectivity index (χ2n) is 4.84. The van der Waals surface area contributed by atoms with Crippen LogP contribution in [-0.2, 0) is 6.54 Å². The Bertz CT molecular complexity index is 547. The van der Waals surface area contributed by atoms with Gasteiger partial charge in [0.25, 0.3) is 0 Å². The van der Waals surface area contributed by atoms with E-state index in [-0.39, 0.29) is 0 Å². The molecular weight excluding hydrogens is 358 g/mol. The van der Waals surface area contributed by atoms with Gasteiger partial charge in [0.1, 0.15) is 0 Å². The number of benzene rings is 1. The SMILES string of the molecule is CN(CCC(O)c1ccc(Br)cc1Cl)Cc1ccsc1. The lowest BCUT2D eigenvalue weighted by Gasteiger charge is -2.19. The van der Waals surface area contributed by atoms with Gasteiger partial charge in [0.2, 0.25) is 0 Å². The van der Waals surface area contributed by atoms with Crippen LogP contribution in [0, 0.1) is 0 Å². The zero-order valence-corrected chi connectivity index (χ0v) is 14.4. The average Bonchev–Trinajstić information content (AvgIpc) is 2.89. The third-order valence-electron chi connectivity index (χ3n) is 3.14. The fourth-order valence-corrected chi connectivity index (χ4v) is 3.50. The van der Waals surface area contributed by atoms with Crippen molar-refractivity contribution in [1.82, 2.24) is 4.90 Å². The van der Waals surface area contributed by atoms with Crippen LogP contribution in [0.5, 0.6) is 0 Å².